The Morgan fingerprint density at radius 3 is 1.98 bits per heavy atom. The Morgan fingerprint density at radius 2 is 1.32 bits per heavy atom. The number of nitrogens with two attached hydrogens (primary N) is 1. The summed E-state index contributed by atoms with van der Waals surface area (Å²) in [5, 5.41) is 34.2. The fourth-order valence-corrected chi connectivity index (χ4v) is 10.1. The standard InChI is InChI=1S/C61H83N11O17S/c1-6-8-20-42-53(77)65-44(23-15-16-30-63-50(73)29-28-45(72-60(84)88-61(3,4)5)56(80)69-47(57(81)66-42)32-37-24-26-39(27-25-37)89-90(85,86)87)55(79)70-48(33-38-35-64-41-22-14-13-19-40(38)41)58(82)67-43(21-9-7-2)54(78)71-49(34-51(74)75)59(83)68-46(52(62)76)31-36-17-11-10-12-18-36/h10-14,17-19,22,24-27,35,42-49,64H,6-9,15-16,20-21,23,28-34H2,1-5H3,(H2,62,76)(H,63,73)(H,65,77)(H,66,81)(H,67,82)(H,68,83)(H,69,80)(H,70,79)(H,71,78)(H,72,84)(H,74,75)(H,85,86,87)/t42-,43-,44-,45+,46-,47+,48-,49-/m0/s1. The van der Waals surface area contributed by atoms with Crippen LogP contribution in [-0.4, -0.2) is 149 Å². The number of aromatic nitrogens is 1. The first kappa shape index (κ1) is 71.6. The number of nitrogens with one attached hydrogen (secondary N) is 10. The number of amides is 10. The quantitative estimate of drug-likeness (QED) is 0.0400. The van der Waals surface area contributed by atoms with E-state index in [0.29, 0.717) is 53.3 Å². The third kappa shape index (κ3) is 24.5. The van der Waals surface area contributed by atoms with E-state index in [2.05, 4.69) is 57.0 Å². The van der Waals surface area contributed by atoms with Crippen molar-refractivity contribution in [1.29, 1.82) is 0 Å². The molecule has 1 aliphatic heterocycles. The van der Waals surface area contributed by atoms with Crippen LogP contribution in [0.2, 0.25) is 0 Å². The number of carboxylic acids is 1. The van der Waals surface area contributed by atoms with Gasteiger partial charge in [-0.05, 0) is 94.2 Å². The van der Waals surface area contributed by atoms with E-state index in [4.69, 9.17) is 10.5 Å². The molecular formula is C61H83N11O17S. The van der Waals surface area contributed by atoms with E-state index < -0.39 is 136 Å². The zero-order chi connectivity index (χ0) is 66.1. The van der Waals surface area contributed by atoms with Gasteiger partial charge < -0.3 is 72.6 Å². The summed E-state index contributed by atoms with van der Waals surface area (Å²) in [6, 6.07) is 9.00. The molecule has 0 spiro atoms. The van der Waals surface area contributed by atoms with E-state index in [1.54, 1.807) is 81.6 Å². The van der Waals surface area contributed by atoms with E-state index in [1.165, 1.54) is 24.3 Å². The van der Waals surface area contributed by atoms with Gasteiger partial charge in [-0.1, -0.05) is 100 Å². The molecule has 490 valence electrons. The fraction of sp³-hybridized carbons (Fsp3) is 0.492. The predicted molar refractivity (Wildman–Crippen MR) is 328 cm³/mol. The molecule has 0 aliphatic carbocycles. The number of unbranched alkanes of at least 4 members (excludes halogenated alkanes) is 2. The summed E-state index contributed by atoms with van der Waals surface area (Å²) in [6.07, 6.45) is 0.696. The summed E-state index contributed by atoms with van der Waals surface area (Å²) in [5.74, 6) is -9.66. The topological polar surface area (TPSA) is 431 Å². The highest BCUT2D eigenvalue weighted by Crippen LogP contribution is 2.21. The zero-order valence-electron chi connectivity index (χ0n) is 51.0. The van der Waals surface area contributed by atoms with Crippen molar-refractivity contribution in [2.24, 2.45) is 5.73 Å². The molecule has 3 aromatic carbocycles. The van der Waals surface area contributed by atoms with Gasteiger partial charge in [0.2, 0.25) is 53.2 Å². The van der Waals surface area contributed by atoms with Crippen molar-refractivity contribution in [1.82, 2.24) is 52.8 Å². The molecule has 0 radical (unpaired) electrons. The molecule has 0 unspecified atom stereocenters. The summed E-state index contributed by atoms with van der Waals surface area (Å²) >= 11 is 0. The second-order valence-electron chi connectivity index (χ2n) is 22.9. The molecule has 5 rings (SSSR count). The Bertz CT molecular complexity index is 3270. The van der Waals surface area contributed by atoms with Gasteiger partial charge in [-0.15, -0.1) is 0 Å². The number of carbonyl (C=O) groups is 11. The number of primary amides is 1. The number of aliphatic carboxylic acids is 1. The molecule has 28 nitrogen and oxygen atoms in total. The SMILES string of the molecule is CCCC[C@H](NC(=O)[C@H](Cc1c[nH]c2ccccc12)NC(=O)[C@@H]1CCCCNC(=O)CC[C@@H](NC(=O)OC(C)(C)C)C(=O)N[C@H](Cc2ccc(OS(=O)(=O)O)cc2)C(=O)N[C@@H](CCCC)C(=O)N1)C(=O)N[C@@H](CC(=O)O)C(=O)N[C@@H](Cc1ccccc1)C(N)=O. The molecule has 4 aromatic rings. The van der Waals surface area contributed by atoms with Gasteiger partial charge in [-0.2, -0.15) is 8.42 Å². The summed E-state index contributed by atoms with van der Waals surface area (Å²) in [6.45, 7) is 8.52. The number of alkyl carbamates (subject to hydrolysis) is 1. The molecule has 1 aliphatic rings. The number of carboxylic acid groups (broad SMARTS) is 1. The predicted octanol–water partition coefficient (Wildman–Crippen LogP) is 2.08. The third-order valence-electron chi connectivity index (χ3n) is 14.4. The second-order valence-corrected chi connectivity index (χ2v) is 23.9. The highest BCUT2D eigenvalue weighted by molar-refractivity contribution is 7.81. The van der Waals surface area contributed by atoms with Crippen LogP contribution in [0.3, 0.4) is 0 Å². The lowest BCUT2D eigenvalue weighted by molar-refractivity contribution is -0.141. The van der Waals surface area contributed by atoms with Gasteiger partial charge in [0.1, 0.15) is 59.7 Å². The maximum Gasteiger partial charge on any atom is 0.446 e. The number of ether oxygens (including phenoxy) is 1. The molecular weight excluding hydrogens is 1190 g/mol. The number of aromatic amines is 1. The van der Waals surface area contributed by atoms with Crippen molar-refractivity contribution in [2.45, 2.75) is 185 Å². The molecule has 1 saturated heterocycles. The van der Waals surface area contributed by atoms with Crippen LogP contribution < -0.4 is 57.8 Å². The van der Waals surface area contributed by atoms with Crippen molar-refractivity contribution >= 4 is 86.5 Å². The highest BCUT2D eigenvalue weighted by atomic mass is 32.3. The molecule has 0 saturated carbocycles. The summed E-state index contributed by atoms with van der Waals surface area (Å²) in [7, 11) is -4.91. The van der Waals surface area contributed by atoms with E-state index in [9.17, 15) is 70.8 Å². The minimum Gasteiger partial charge on any atom is -0.481 e. The second kappa shape index (κ2) is 34.6. The molecule has 1 fully saturated rings. The number of benzene rings is 3. The van der Waals surface area contributed by atoms with Gasteiger partial charge in [0.05, 0.1) is 6.42 Å². The highest BCUT2D eigenvalue weighted by Gasteiger charge is 2.36. The Labute approximate surface area is 521 Å². The molecule has 2 heterocycles. The third-order valence-corrected chi connectivity index (χ3v) is 14.8. The van der Waals surface area contributed by atoms with Crippen LogP contribution in [0.5, 0.6) is 5.75 Å². The van der Waals surface area contributed by atoms with Crippen LogP contribution in [0.15, 0.2) is 85.1 Å². The minimum atomic E-state index is -4.91. The Morgan fingerprint density at radius 1 is 0.700 bits per heavy atom. The van der Waals surface area contributed by atoms with Crippen LogP contribution in [-0.2, 0) is 82.3 Å². The summed E-state index contributed by atoms with van der Waals surface area (Å²) < 4.78 is 42.0. The lowest BCUT2D eigenvalue weighted by atomic mass is 10.0. The molecule has 29 heteroatoms. The van der Waals surface area contributed by atoms with Crippen LogP contribution >= 0.6 is 0 Å². The van der Waals surface area contributed by atoms with Crippen molar-refractivity contribution in [3.8, 4) is 5.75 Å². The molecule has 8 atom stereocenters. The molecule has 90 heavy (non-hydrogen) atoms. The lowest BCUT2D eigenvalue weighted by Crippen LogP contribution is -2.61. The number of para-hydroxylation sites is 1. The van der Waals surface area contributed by atoms with Gasteiger partial charge in [-0.25, -0.2) is 4.79 Å². The number of H-pyrrole nitrogens is 1. The van der Waals surface area contributed by atoms with Crippen molar-refractivity contribution in [3.05, 3.63) is 102 Å². The summed E-state index contributed by atoms with van der Waals surface area (Å²) in [4.78, 5) is 155. The Hall–Kier alpha value is -9.12. The largest absolute Gasteiger partial charge is 0.481 e. The first-order valence-electron chi connectivity index (χ1n) is 29.9. The molecule has 1 aromatic heterocycles. The fourth-order valence-electron chi connectivity index (χ4n) is 9.75. The van der Waals surface area contributed by atoms with E-state index in [0.717, 1.165) is 0 Å². The summed E-state index contributed by atoms with van der Waals surface area (Å²) in [5.41, 5.74) is 6.83. The maximum atomic E-state index is 14.9. The first-order chi connectivity index (χ1) is 42.6. The number of fused-ring (bicyclic) bond motifs is 1. The average Bonchev–Trinajstić information content (AvgIpc) is 2.36. The number of hydrogen-bond acceptors (Lipinski definition) is 15. The normalized spacial score (nSPS) is 18.6. The van der Waals surface area contributed by atoms with Crippen LogP contribution in [0, 0.1) is 0 Å². The van der Waals surface area contributed by atoms with Crippen LogP contribution in [0.1, 0.15) is 128 Å². The number of rotatable bonds is 26. The van der Waals surface area contributed by atoms with E-state index in [-0.39, 0.29) is 76.5 Å². The Kier molecular flexibility index (Phi) is 27.5. The zero-order valence-corrected chi connectivity index (χ0v) is 51.8. The van der Waals surface area contributed by atoms with Gasteiger partial charge >= 0.3 is 22.5 Å². The first-order valence-corrected chi connectivity index (χ1v) is 31.2. The average molecular weight is 1270 g/mol. The number of hydrogen-bond donors (Lipinski definition) is 13. The van der Waals surface area contributed by atoms with E-state index in [1.807, 2.05) is 13.8 Å². The molecule has 14 N–H and O–H groups in total. The van der Waals surface area contributed by atoms with Crippen LogP contribution in [0.4, 0.5) is 4.79 Å². The minimum absolute atomic E-state index is 0.0147. The smallest absolute Gasteiger partial charge is 0.446 e. The molecule has 10 amide bonds. The van der Waals surface area contributed by atoms with Crippen LogP contribution in [0.25, 0.3) is 10.9 Å². The van der Waals surface area contributed by atoms with Crippen molar-refractivity contribution in [3.63, 3.8) is 0 Å². The van der Waals surface area contributed by atoms with Gasteiger partial charge in [-0.3, -0.25) is 52.5 Å². The van der Waals surface area contributed by atoms with E-state index >= 15 is 0 Å². The number of carbonyl (C=O) groups excluding carboxylic acids is 10. The lowest BCUT2D eigenvalue weighted by Gasteiger charge is -2.28. The molecule has 0 bridgehead atoms. The monoisotopic (exact) mass is 1270 g/mol. The van der Waals surface area contributed by atoms with Gasteiger partial charge in [0.25, 0.3) is 0 Å². The van der Waals surface area contributed by atoms with Crippen molar-refractivity contribution in [2.75, 3.05) is 6.54 Å². The maximum absolute atomic E-state index is 14.9. The van der Waals surface area contributed by atoms with Gasteiger partial charge in [0.15, 0.2) is 0 Å². The van der Waals surface area contributed by atoms with Crippen molar-refractivity contribution < 1.29 is 79.7 Å². The Balaban J connectivity index is 1.47. The van der Waals surface area contributed by atoms with Gasteiger partial charge in [0, 0.05) is 49.3 Å².